The summed E-state index contributed by atoms with van der Waals surface area (Å²) in [5.74, 6) is 0. The van der Waals surface area contributed by atoms with Gasteiger partial charge in [0.2, 0.25) is 5.13 Å². The molecule has 1 N–H and O–H groups in total. The van der Waals surface area contributed by atoms with Crippen molar-refractivity contribution in [2.24, 2.45) is 0 Å². The van der Waals surface area contributed by atoms with E-state index in [0.717, 1.165) is 26.6 Å². The lowest BCUT2D eigenvalue weighted by atomic mass is 10.3. The molecule has 2 rings (SSSR count). The van der Waals surface area contributed by atoms with Gasteiger partial charge in [0.25, 0.3) is 0 Å². The molecule has 0 amide bonds. The van der Waals surface area contributed by atoms with Crippen LogP contribution in [0.1, 0.15) is 17.5 Å². The highest BCUT2D eigenvalue weighted by atomic mass is 79.9. The Hall–Kier alpha value is -1.01. The van der Waals surface area contributed by atoms with E-state index < -0.39 is 0 Å². The third-order valence-corrected chi connectivity index (χ3v) is 3.43. The van der Waals surface area contributed by atoms with Crippen molar-refractivity contribution in [1.82, 2.24) is 15.2 Å². The van der Waals surface area contributed by atoms with Crippen LogP contribution in [0.2, 0.25) is 0 Å². The first-order valence-corrected chi connectivity index (χ1v) is 6.54. The van der Waals surface area contributed by atoms with Gasteiger partial charge < -0.3 is 5.32 Å². The van der Waals surface area contributed by atoms with Gasteiger partial charge in [0.05, 0.1) is 0 Å². The molecule has 0 spiro atoms. The van der Waals surface area contributed by atoms with Crippen LogP contribution in [0.15, 0.2) is 22.9 Å². The fourth-order valence-corrected chi connectivity index (χ4v) is 2.29. The number of anilines is 1. The van der Waals surface area contributed by atoms with Crippen LogP contribution in [0, 0.1) is 0 Å². The molecule has 2 heterocycles. The van der Waals surface area contributed by atoms with Crippen LogP contribution >= 0.6 is 27.3 Å². The maximum absolute atomic E-state index is 4.10. The monoisotopic (exact) mass is 298 g/mol. The Morgan fingerprint density at radius 2 is 2.25 bits per heavy atom. The van der Waals surface area contributed by atoms with E-state index in [2.05, 4.69) is 43.4 Å². The summed E-state index contributed by atoms with van der Waals surface area (Å²) in [4.78, 5) is 4.10. The molecule has 16 heavy (non-hydrogen) atoms. The largest absolute Gasteiger partial charge is 0.356 e. The Kier molecular flexibility index (Phi) is 3.84. The molecular formula is C10H11BrN4S. The predicted molar refractivity (Wildman–Crippen MR) is 68.6 cm³/mol. The molecular weight excluding hydrogens is 288 g/mol. The third kappa shape index (κ3) is 2.99. The van der Waals surface area contributed by atoms with Crippen LogP contribution in [0.25, 0.3) is 0 Å². The summed E-state index contributed by atoms with van der Waals surface area (Å²) in [5, 5.41) is 13.2. The van der Waals surface area contributed by atoms with Crippen LogP contribution in [0.5, 0.6) is 0 Å². The van der Waals surface area contributed by atoms with Gasteiger partial charge in [0, 0.05) is 23.4 Å². The molecule has 0 aliphatic heterocycles. The fraction of sp³-hybridized carbons (Fsp3) is 0.300. The molecule has 0 saturated carbocycles. The number of aromatic nitrogens is 3. The standard InChI is InChI=1S/C10H11BrN4S/c1-2-9-14-15-10(16-9)13-5-7-3-8(11)6-12-4-7/h3-4,6H,2,5H2,1H3,(H,13,15). The highest BCUT2D eigenvalue weighted by Gasteiger charge is 2.01. The zero-order valence-electron chi connectivity index (χ0n) is 8.77. The smallest absolute Gasteiger partial charge is 0.205 e. The van der Waals surface area contributed by atoms with Crippen molar-refractivity contribution in [3.8, 4) is 0 Å². The summed E-state index contributed by atoms with van der Waals surface area (Å²) < 4.78 is 0.985. The zero-order chi connectivity index (χ0) is 11.4. The van der Waals surface area contributed by atoms with Crippen LogP contribution in [-0.4, -0.2) is 15.2 Å². The normalized spacial score (nSPS) is 10.4. The molecule has 0 aromatic carbocycles. The molecule has 2 aromatic rings. The highest BCUT2D eigenvalue weighted by molar-refractivity contribution is 9.10. The summed E-state index contributed by atoms with van der Waals surface area (Å²) in [6, 6.07) is 2.03. The van der Waals surface area contributed by atoms with Crippen molar-refractivity contribution in [2.45, 2.75) is 19.9 Å². The van der Waals surface area contributed by atoms with Crippen LogP contribution < -0.4 is 5.32 Å². The minimum absolute atomic E-state index is 0.713. The van der Waals surface area contributed by atoms with Crippen molar-refractivity contribution < 1.29 is 0 Å². The van der Waals surface area contributed by atoms with Crippen molar-refractivity contribution in [1.29, 1.82) is 0 Å². The minimum atomic E-state index is 0.713. The zero-order valence-corrected chi connectivity index (χ0v) is 11.2. The molecule has 0 atom stereocenters. The number of halogens is 1. The maximum atomic E-state index is 4.10. The lowest BCUT2D eigenvalue weighted by Crippen LogP contribution is -1.99. The van der Waals surface area contributed by atoms with Crippen molar-refractivity contribution >= 4 is 32.4 Å². The molecule has 0 bridgehead atoms. The molecule has 0 aliphatic rings. The summed E-state index contributed by atoms with van der Waals surface area (Å²) in [7, 11) is 0. The van der Waals surface area contributed by atoms with E-state index >= 15 is 0 Å². The van der Waals surface area contributed by atoms with Gasteiger partial charge in [-0.25, -0.2) is 0 Å². The SMILES string of the molecule is CCc1nnc(NCc2cncc(Br)c2)s1. The number of pyridine rings is 1. The van der Waals surface area contributed by atoms with Crippen LogP contribution in [0.4, 0.5) is 5.13 Å². The van der Waals surface area contributed by atoms with Crippen molar-refractivity contribution in [3.05, 3.63) is 33.5 Å². The highest BCUT2D eigenvalue weighted by Crippen LogP contribution is 2.17. The fourth-order valence-electron chi connectivity index (χ4n) is 1.20. The topological polar surface area (TPSA) is 50.7 Å². The number of hydrogen-bond acceptors (Lipinski definition) is 5. The molecule has 0 radical (unpaired) electrons. The quantitative estimate of drug-likeness (QED) is 0.943. The minimum Gasteiger partial charge on any atom is -0.356 e. The molecule has 2 aromatic heterocycles. The lowest BCUT2D eigenvalue weighted by Gasteiger charge is -2.01. The van der Waals surface area contributed by atoms with Crippen LogP contribution in [0.3, 0.4) is 0 Å². The molecule has 0 fully saturated rings. The predicted octanol–water partition coefficient (Wildman–Crippen LogP) is 2.87. The van der Waals surface area contributed by atoms with E-state index in [4.69, 9.17) is 0 Å². The Morgan fingerprint density at radius 3 is 2.94 bits per heavy atom. The second-order valence-corrected chi connectivity index (χ2v) is 5.20. The summed E-state index contributed by atoms with van der Waals surface area (Å²) in [6.07, 6.45) is 4.53. The van der Waals surface area contributed by atoms with E-state index in [0.29, 0.717) is 6.54 Å². The Labute approximate surface area is 106 Å². The molecule has 0 unspecified atom stereocenters. The Balaban J connectivity index is 1.96. The van der Waals surface area contributed by atoms with Gasteiger partial charge in [0.1, 0.15) is 5.01 Å². The third-order valence-electron chi connectivity index (χ3n) is 1.97. The van der Waals surface area contributed by atoms with Gasteiger partial charge in [0.15, 0.2) is 0 Å². The number of rotatable bonds is 4. The van der Waals surface area contributed by atoms with E-state index in [1.807, 2.05) is 12.3 Å². The van der Waals surface area contributed by atoms with E-state index in [1.165, 1.54) is 0 Å². The van der Waals surface area contributed by atoms with E-state index in [-0.39, 0.29) is 0 Å². The molecule has 6 heteroatoms. The van der Waals surface area contributed by atoms with Gasteiger partial charge in [-0.2, -0.15) is 0 Å². The van der Waals surface area contributed by atoms with Crippen molar-refractivity contribution in [2.75, 3.05) is 5.32 Å². The Bertz CT molecular complexity index is 471. The van der Waals surface area contributed by atoms with Gasteiger partial charge in [-0.3, -0.25) is 4.98 Å². The number of nitrogens with zero attached hydrogens (tertiary/aromatic N) is 3. The van der Waals surface area contributed by atoms with Crippen molar-refractivity contribution in [3.63, 3.8) is 0 Å². The summed E-state index contributed by atoms with van der Waals surface area (Å²) >= 11 is 4.98. The number of aryl methyl sites for hydroxylation is 1. The first kappa shape index (κ1) is 11.5. The Morgan fingerprint density at radius 1 is 1.38 bits per heavy atom. The number of nitrogens with one attached hydrogen (secondary N) is 1. The average Bonchev–Trinajstić information content (AvgIpc) is 2.74. The van der Waals surface area contributed by atoms with Gasteiger partial charge in [-0.1, -0.05) is 18.3 Å². The second kappa shape index (κ2) is 5.36. The first-order chi connectivity index (χ1) is 7.78. The van der Waals surface area contributed by atoms with Gasteiger partial charge in [-0.05, 0) is 34.0 Å². The molecule has 0 saturated heterocycles. The lowest BCUT2D eigenvalue weighted by molar-refractivity contribution is 0.974. The second-order valence-electron chi connectivity index (χ2n) is 3.22. The molecule has 4 nitrogen and oxygen atoms in total. The summed E-state index contributed by atoms with van der Waals surface area (Å²) in [6.45, 7) is 2.79. The summed E-state index contributed by atoms with van der Waals surface area (Å²) in [5.41, 5.74) is 1.11. The van der Waals surface area contributed by atoms with Gasteiger partial charge in [-0.15, -0.1) is 10.2 Å². The number of hydrogen-bond donors (Lipinski definition) is 1. The van der Waals surface area contributed by atoms with E-state index in [1.54, 1.807) is 17.5 Å². The van der Waals surface area contributed by atoms with E-state index in [9.17, 15) is 0 Å². The van der Waals surface area contributed by atoms with Crippen LogP contribution in [-0.2, 0) is 13.0 Å². The van der Waals surface area contributed by atoms with Gasteiger partial charge >= 0.3 is 0 Å². The average molecular weight is 299 g/mol. The molecule has 0 aliphatic carbocycles. The first-order valence-electron chi connectivity index (χ1n) is 4.93. The maximum Gasteiger partial charge on any atom is 0.205 e. The molecule has 84 valence electrons.